The van der Waals surface area contributed by atoms with E-state index in [0.29, 0.717) is 17.1 Å². The van der Waals surface area contributed by atoms with Crippen LogP contribution in [0, 0.1) is 6.92 Å². The van der Waals surface area contributed by atoms with Crippen LogP contribution in [0.1, 0.15) is 11.1 Å². The van der Waals surface area contributed by atoms with Crippen LogP contribution >= 0.6 is 0 Å². The van der Waals surface area contributed by atoms with E-state index < -0.39 is 0 Å². The highest BCUT2D eigenvalue weighted by Gasteiger charge is 2.09. The lowest BCUT2D eigenvalue weighted by Crippen LogP contribution is -2.05. The number of rotatable bonds is 7. The first kappa shape index (κ1) is 13.8. The van der Waals surface area contributed by atoms with Crippen molar-refractivity contribution in [3.8, 4) is 11.5 Å². The van der Waals surface area contributed by atoms with Crippen LogP contribution in [0.25, 0.3) is 0 Å². The van der Waals surface area contributed by atoms with Gasteiger partial charge in [-0.15, -0.1) is 0 Å². The largest absolute Gasteiger partial charge is 0.467 e. The minimum absolute atomic E-state index is 0.0764. The second kappa shape index (κ2) is 7.11. The first-order valence-electron chi connectivity index (χ1n) is 5.20. The second-order valence-corrected chi connectivity index (χ2v) is 3.48. The van der Waals surface area contributed by atoms with E-state index >= 15 is 0 Å². The van der Waals surface area contributed by atoms with Crippen molar-refractivity contribution in [1.29, 1.82) is 0 Å². The van der Waals surface area contributed by atoms with E-state index in [-0.39, 0.29) is 20.2 Å². The minimum atomic E-state index is -0.0764. The molecule has 0 aliphatic carbocycles. The Labute approximate surface area is 101 Å². The molecule has 0 heterocycles. The van der Waals surface area contributed by atoms with Crippen LogP contribution in [0.4, 0.5) is 0 Å². The molecule has 0 saturated heterocycles. The van der Waals surface area contributed by atoms with Crippen LogP contribution in [-0.2, 0) is 16.1 Å². The van der Waals surface area contributed by atoms with Crippen LogP contribution in [0.15, 0.2) is 12.1 Å². The van der Waals surface area contributed by atoms with Gasteiger partial charge in [0.1, 0.15) is 11.5 Å². The fourth-order valence-corrected chi connectivity index (χ4v) is 1.35. The Morgan fingerprint density at radius 3 is 1.82 bits per heavy atom. The zero-order valence-corrected chi connectivity index (χ0v) is 10.4. The summed E-state index contributed by atoms with van der Waals surface area (Å²) in [5, 5.41) is 9.15. The van der Waals surface area contributed by atoms with E-state index in [0.717, 1.165) is 5.56 Å². The summed E-state index contributed by atoms with van der Waals surface area (Å²) in [5.41, 5.74) is 1.56. The van der Waals surface area contributed by atoms with Gasteiger partial charge in [-0.25, -0.2) is 0 Å². The number of methoxy groups -OCH3 is 2. The summed E-state index contributed by atoms with van der Waals surface area (Å²) in [4.78, 5) is 0. The molecule has 5 nitrogen and oxygen atoms in total. The van der Waals surface area contributed by atoms with Crippen LogP contribution in [0.2, 0.25) is 0 Å². The van der Waals surface area contributed by atoms with Gasteiger partial charge < -0.3 is 24.1 Å². The van der Waals surface area contributed by atoms with Crippen molar-refractivity contribution < 1.29 is 24.1 Å². The lowest BCUT2D eigenvalue weighted by molar-refractivity contribution is 0.0448. The van der Waals surface area contributed by atoms with Crippen molar-refractivity contribution in [2.45, 2.75) is 13.5 Å². The first-order chi connectivity index (χ1) is 8.22. The molecule has 0 saturated carbocycles. The Balaban J connectivity index is 2.94. The molecule has 0 spiro atoms. The van der Waals surface area contributed by atoms with E-state index in [4.69, 9.17) is 24.1 Å². The molecule has 0 radical (unpaired) electrons. The van der Waals surface area contributed by atoms with Crippen molar-refractivity contribution in [3.05, 3.63) is 23.3 Å². The zero-order chi connectivity index (χ0) is 12.7. The normalized spacial score (nSPS) is 10.4. The van der Waals surface area contributed by atoms with Crippen molar-refractivity contribution in [3.63, 3.8) is 0 Å². The molecule has 0 fully saturated rings. The van der Waals surface area contributed by atoms with Crippen LogP contribution < -0.4 is 9.47 Å². The molecule has 96 valence electrons. The second-order valence-electron chi connectivity index (χ2n) is 3.48. The zero-order valence-electron chi connectivity index (χ0n) is 10.4. The van der Waals surface area contributed by atoms with E-state index in [2.05, 4.69) is 0 Å². The Morgan fingerprint density at radius 2 is 1.47 bits per heavy atom. The number of hydrogen-bond donors (Lipinski definition) is 1. The maximum absolute atomic E-state index is 9.15. The van der Waals surface area contributed by atoms with Crippen LogP contribution in [0.3, 0.4) is 0 Å². The highest BCUT2D eigenvalue weighted by Crippen LogP contribution is 2.30. The van der Waals surface area contributed by atoms with Gasteiger partial charge in [0.25, 0.3) is 0 Å². The maximum Gasteiger partial charge on any atom is 0.188 e. The smallest absolute Gasteiger partial charge is 0.188 e. The highest BCUT2D eigenvalue weighted by atomic mass is 16.7. The summed E-state index contributed by atoms with van der Waals surface area (Å²) < 4.78 is 20.5. The topological polar surface area (TPSA) is 57.2 Å². The number of hydrogen-bond acceptors (Lipinski definition) is 5. The average molecular weight is 242 g/mol. The Bertz CT molecular complexity index is 322. The van der Waals surface area contributed by atoms with Gasteiger partial charge >= 0.3 is 0 Å². The molecule has 0 atom stereocenters. The fourth-order valence-electron chi connectivity index (χ4n) is 1.35. The third-order valence-electron chi connectivity index (χ3n) is 2.22. The molecule has 0 amide bonds. The first-order valence-corrected chi connectivity index (χ1v) is 5.20. The van der Waals surface area contributed by atoms with E-state index in [9.17, 15) is 0 Å². The molecule has 0 aromatic heterocycles. The predicted molar refractivity (Wildman–Crippen MR) is 62.1 cm³/mol. The van der Waals surface area contributed by atoms with Gasteiger partial charge in [0.05, 0.1) is 6.61 Å². The number of ether oxygens (including phenoxy) is 4. The molecule has 1 N–H and O–H groups in total. The van der Waals surface area contributed by atoms with Crippen molar-refractivity contribution in [2.24, 2.45) is 0 Å². The van der Waals surface area contributed by atoms with Gasteiger partial charge in [-0.3, -0.25) is 0 Å². The standard InChI is InChI=1S/C12H18O5/c1-9-11(16-7-14-2)4-10(6-13)5-12(9)17-8-15-3/h4-5,13H,6-8H2,1-3H3. The summed E-state index contributed by atoms with van der Waals surface area (Å²) in [6.07, 6.45) is 0. The van der Waals surface area contributed by atoms with Crippen molar-refractivity contribution in [2.75, 3.05) is 27.8 Å². The quantitative estimate of drug-likeness (QED) is 0.733. The van der Waals surface area contributed by atoms with Gasteiger partial charge in [-0.1, -0.05) is 0 Å². The molecular formula is C12H18O5. The Kier molecular flexibility index (Phi) is 5.76. The SMILES string of the molecule is COCOc1cc(CO)cc(OCOC)c1C. The average Bonchev–Trinajstić information content (AvgIpc) is 2.36. The molecular weight excluding hydrogens is 224 g/mol. The lowest BCUT2D eigenvalue weighted by atomic mass is 10.1. The molecule has 1 aromatic rings. The molecule has 5 heteroatoms. The molecule has 17 heavy (non-hydrogen) atoms. The molecule has 0 aliphatic heterocycles. The number of aliphatic hydroxyl groups excluding tert-OH is 1. The molecule has 1 aromatic carbocycles. The van der Waals surface area contributed by atoms with Crippen LogP contribution in [-0.4, -0.2) is 32.9 Å². The van der Waals surface area contributed by atoms with Gasteiger partial charge in [-0.2, -0.15) is 0 Å². The van der Waals surface area contributed by atoms with Crippen LogP contribution in [0.5, 0.6) is 11.5 Å². The van der Waals surface area contributed by atoms with E-state index in [1.54, 1.807) is 26.4 Å². The minimum Gasteiger partial charge on any atom is -0.467 e. The number of benzene rings is 1. The summed E-state index contributed by atoms with van der Waals surface area (Å²) in [5.74, 6) is 1.26. The summed E-state index contributed by atoms with van der Waals surface area (Å²) in [6.45, 7) is 2.10. The Morgan fingerprint density at radius 1 is 1.00 bits per heavy atom. The molecule has 0 aliphatic rings. The third kappa shape index (κ3) is 3.89. The molecule has 0 unspecified atom stereocenters. The summed E-state index contributed by atoms with van der Waals surface area (Å²) in [7, 11) is 3.10. The van der Waals surface area contributed by atoms with Crippen molar-refractivity contribution in [1.82, 2.24) is 0 Å². The van der Waals surface area contributed by atoms with Gasteiger partial charge in [0.2, 0.25) is 0 Å². The molecule has 0 bridgehead atoms. The van der Waals surface area contributed by atoms with Gasteiger partial charge in [-0.05, 0) is 24.6 Å². The number of aliphatic hydroxyl groups is 1. The fraction of sp³-hybridized carbons (Fsp3) is 0.500. The third-order valence-corrected chi connectivity index (χ3v) is 2.22. The van der Waals surface area contributed by atoms with E-state index in [1.165, 1.54) is 0 Å². The van der Waals surface area contributed by atoms with E-state index in [1.807, 2.05) is 6.92 Å². The predicted octanol–water partition coefficient (Wildman–Crippen LogP) is 1.45. The maximum atomic E-state index is 9.15. The highest BCUT2D eigenvalue weighted by molar-refractivity contribution is 5.47. The lowest BCUT2D eigenvalue weighted by Gasteiger charge is -2.14. The van der Waals surface area contributed by atoms with Crippen molar-refractivity contribution >= 4 is 0 Å². The van der Waals surface area contributed by atoms with Gasteiger partial charge in [0.15, 0.2) is 13.6 Å². The van der Waals surface area contributed by atoms with Gasteiger partial charge in [0, 0.05) is 19.8 Å². The Hall–Kier alpha value is -1.30. The monoisotopic (exact) mass is 242 g/mol. The summed E-state index contributed by atoms with van der Waals surface area (Å²) in [6, 6.07) is 3.52. The molecule has 1 rings (SSSR count). The summed E-state index contributed by atoms with van der Waals surface area (Å²) >= 11 is 0.